The number of aryl methyl sites for hydroxylation is 1. The zero-order valence-electron chi connectivity index (χ0n) is 11.0. The Morgan fingerprint density at radius 3 is 2.58 bits per heavy atom. The van der Waals surface area contributed by atoms with Crippen molar-refractivity contribution in [3.05, 3.63) is 40.1 Å². The van der Waals surface area contributed by atoms with Crippen molar-refractivity contribution in [2.75, 3.05) is 19.5 Å². The van der Waals surface area contributed by atoms with Gasteiger partial charge in [0.1, 0.15) is 11.5 Å². The Morgan fingerprint density at radius 1 is 1.21 bits per heavy atom. The number of thiophene rings is 1. The van der Waals surface area contributed by atoms with Gasteiger partial charge in [-0.15, -0.1) is 11.3 Å². The van der Waals surface area contributed by atoms with Crippen LogP contribution in [0.5, 0.6) is 11.5 Å². The predicted molar refractivity (Wildman–Crippen MR) is 76.6 cm³/mol. The maximum atomic E-state index is 12.1. The molecular weight excluding hydrogens is 262 g/mol. The van der Waals surface area contributed by atoms with Crippen LogP contribution in [0.2, 0.25) is 0 Å². The summed E-state index contributed by atoms with van der Waals surface area (Å²) in [6.07, 6.45) is 0. The average molecular weight is 277 g/mol. The van der Waals surface area contributed by atoms with Crippen molar-refractivity contribution in [3.63, 3.8) is 0 Å². The van der Waals surface area contributed by atoms with E-state index < -0.39 is 0 Å². The zero-order valence-corrected chi connectivity index (χ0v) is 11.8. The number of amides is 1. The molecule has 0 aliphatic heterocycles. The van der Waals surface area contributed by atoms with Gasteiger partial charge in [-0.05, 0) is 36.1 Å². The van der Waals surface area contributed by atoms with Gasteiger partial charge >= 0.3 is 0 Å². The molecule has 4 nitrogen and oxygen atoms in total. The second-order valence-corrected chi connectivity index (χ2v) is 4.92. The third-order valence-electron chi connectivity index (χ3n) is 2.61. The van der Waals surface area contributed by atoms with Crippen LogP contribution in [0, 0.1) is 6.92 Å². The van der Waals surface area contributed by atoms with Crippen molar-refractivity contribution in [3.8, 4) is 11.5 Å². The van der Waals surface area contributed by atoms with E-state index in [4.69, 9.17) is 9.47 Å². The summed E-state index contributed by atoms with van der Waals surface area (Å²) in [4.78, 5) is 12.7. The smallest absolute Gasteiger partial charge is 0.265 e. The lowest BCUT2D eigenvalue weighted by Gasteiger charge is -2.10. The third-order valence-corrected chi connectivity index (χ3v) is 3.66. The van der Waals surface area contributed by atoms with Crippen LogP contribution in [0.25, 0.3) is 0 Å². The molecule has 1 amide bonds. The summed E-state index contributed by atoms with van der Waals surface area (Å²) in [5.74, 6) is 1.12. The van der Waals surface area contributed by atoms with Gasteiger partial charge in [-0.2, -0.15) is 0 Å². The number of rotatable bonds is 4. The molecule has 0 unspecified atom stereocenters. The molecule has 2 aromatic rings. The lowest BCUT2D eigenvalue weighted by atomic mass is 10.2. The van der Waals surface area contributed by atoms with Gasteiger partial charge in [-0.1, -0.05) is 0 Å². The fourth-order valence-corrected chi connectivity index (χ4v) is 2.43. The van der Waals surface area contributed by atoms with Gasteiger partial charge in [0.25, 0.3) is 5.91 Å². The molecule has 0 fully saturated rings. The van der Waals surface area contributed by atoms with Crippen molar-refractivity contribution < 1.29 is 14.3 Å². The highest BCUT2D eigenvalue weighted by atomic mass is 32.1. The van der Waals surface area contributed by atoms with E-state index in [9.17, 15) is 4.79 Å². The summed E-state index contributed by atoms with van der Waals surface area (Å²) >= 11 is 1.42. The second-order valence-electron chi connectivity index (χ2n) is 4.01. The Balaban J connectivity index is 2.21. The summed E-state index contributed by atoms with van der Waals surface area (Å²) < 4.78 is 10.4. The molecule has 1 heterocycles. The van der Waals surface area contributed by atoms with Crippen LogP contribution in [-0.4, -0.2) is 20.1 Å². The minimum Gasteiger partial charge on any atom is -0.497 e. The second kappa shape index (κ2) is 5.75. The lowest BCUT2D eigenvalue weighted by Crippen LogP contribution is -2.11. The number of carbonyl (C=O) groups is 1. The van der Waals surface area contributed by atoms with Crippen molar-refractivity contribution >= 4 is 22.9 Å². The number of ether oxygens (including phenoxy) is 2. The van der Waals surface area contributed by atoms with Crippen molar-refractivity contribution in [1.29, 1.82) is 0 Å². The Labute approximate surface area is 116 Å². The van der Waals surface area contributed by atoms with E-state index in [2.05, 4.69) is 5.32 Å². The molecule has 0 aliphatic rings. The minimum absolute atomic E-state index is 0.137. The number of benzene rings is 1. The van der Waals surface area contributed by atoms with Gasteiger partial charge in [0.2, 0.25) is 0 Å². The summed E-state index contributed by atoms with van der Waals surface area (Å²) in [6, 6.07) is 7.12. The first-order valence-electron chi connectivity index (χ1n) is 5.72. The van der Waals surface area contributed by atoms with Gasteiger partial charge in [-0.3, -0.25) is 4.79 Å². The lowest BCUT2D eigenvalue weighted by molar-refractivity contribution is 0.103. The van der Waals surface area contributed by atoms with E-state index >= 15 is 0 Å². The first kappa shape index (κ1) is 13.4. The number of nitrogens with one attached hydrogen (secondary N) is 1. The van der Waals surface area contributed by atoms with Crippen molar-refractivity contribution in [2.45, 2.75) is 6.92 Å². The van der Waals surface area contributed by atoms with E-state index in [0.717, 1.165) is 5.56 Å². The highest BCUT2D eigenvalue weighted by molar-refractivity contribution is 7.12. The van der Waals surface area contributed by atoms with E-state index in [1.54, 1.807) is 32.4 Å². The van der Waals surface area contributed by atoms with E-state index in [0.29, 0.717) is 22.1 Å². The molecular formula is C14H15NO3S. The maximum absolute atomic E-state index is 12.1. The molecule has 0 bridgehead atoms. The van der Waals surface area contributed by atoms with Crippen LogP contribution in [-0.2, 0) is 0 Å². The minimum atomic E-state index is -0.137. The predicted octanol–water partition coefficient (Wildman–Crippen LogP) is 3.33. The topological polar surface area (TPSA) is 47.6 Å². The summed E-state index contributed by atoms with van der Waals surface area (Å²) in [6.45, 7) is 1.96. The highest BCUT2D eigenvalue weighted by Gasteiger charge is 2.12. The van der Waals surface area contributed by atoms with Gasteiger partial charge in [0.15, 0.2) is 0 Å². The first-order chi connectivity index (χ1) is 9.13. The molecule has 0 saturated heterocycles. The Hall–Kier alpha value is -2.01. The van der Waals surface area contributed by atoms with Gasteiger partial charge in [0.05, 0.1) is 24.8 Å². The van der Waals surface area contributed by atoms with Gasteiger partial charge in [-0.25, -0.2) is 0 Å². The molecule has 0 saturated carbocycles. The molecule has 0 aliphatic carbocycles. The van der Waals surface area contributed by atoms with Crippen LogP contribution in [0.3, 0.4) is 0 Å². The Bertz CT molecular complexity index is 592. The van der Waals surface area contributed by atoms with E-state index in [-0.39, 0.29) is 5.91 Å². The van der Waals surface area contributed by atoms with Crippen LogP contribution in [0.1, 0.15) is 15.2 Å². The number of methoxy groups -OCH3 is 2. The molecule has 1 aromatic heterocycles. The number of hydrogen-bond donors (Lipinski definition) is 1. The van der Waals surface area contributed by atoms with Crippen LogP contribution in [0.4, 0.5) is 5.69 Å². The molecule has 0 atom stereocenters. The summed E-state index contributed by atoms with van der Waals surface area (Å²) in [5, 5.41) is 4.78. The number of hydrogen-bond acceptors (Lipinski definition) is 4. The van der Waals surface area contributed by atoms with E-state index in [1.807, 2.05) is 18.4 Å². The normalized spacial score (nSPS) is 10.1. The maximum Gasteiger partial charge on any atom is 0.265 e. The standard InChI is InChI=1S/C14H15NO3S/c1-9-6-13(19-8-9)14(16)15-11-5-4-10(17-2)7-12(11)18-3/h4-8H,1-3H3,(H,15,16). The number of carbonyl (C=O) groups excluding carboxylic acids is 1. The molecule has 19 heavy (non-hydrogen) atoms. The Kier molecular flexibility index (Phi) is 4.06. The zero-order chi connectivity index (χ0) is 13.8. The monoisotopic (exact) mass is 277 g/mol. The highest BCUT2D eigenvalue weighted by Crippen LogP contribution is 2.29. The molecule has 0 spiro atoms. The molecule has 5 heteroatoms. The van der Waals surface area contributed by atoms with Crippen molar-refractivity contribution in [1.82, 2.24) is 0 Å². The molecule has 1 N–H and O–H groups in total. The fourth-order valence-electron chi connectivity index (χ4n) is 1.64. The van der Waals surface area contributed by atoms with Gasteiger partial charge in [0, 0.05) is 6.07 Å². The third kappa shape index (κ3) is 3.06. The fraction of sp³-hybridized carbons (Fsp3) is 0.214. The summed E-state index contributed by atoms with van der Waals surface area (Å²) in [5.41, 5.74) is 1.70. The van der Waals surface area contributed by atoms with Crippen LogP contribution < -0.4 is 14.8 Å². The molecule has 0 radical (unpaired) electrons. The van der Waals surface area contributed by atoms with Crippen LogP contribution in [0.15, 0.2) is 29.6 Å². The largest absolute Gasteiger partial charge is 0.497 e. The molecule has 2 rings (SSSR count). The van der Waals surface area contributed by atoms with Crippen molar-refractivity contribution in [2.24, 2.45) is 0 Å². The summed E-state index contributed by atoms with van der Waals surface area (Å²) in [7, 11) is 3.14. The van der Waals surface area contributed by atoms with Crippen LogP contribution >= 0.6 is 11.3 Å². The molecule has 100 valence electrons. The molecule has 1 aromatic carbocycles. The first-order valence-corrected chi connectivity index (χ1v) is 6.60. The van der Waals surface area contributed by atoms with E-state index in [1.165, 1.54) is 11.3 Å². The Morgan fingerprint density at radius 2 is 2.00 bits per heavy atom. The van der Waals surface area contributed by atoms with Gasteiger partial charge < -0.3 is 14.8 Å². The average Bonchev–Trinajstić information content (AvgIpc) is 2.86. The quantitative estimate of drug-likeness (QED) is 0.932. The number of anilines is 1. The SMILES string of the molecule is COc1ccc(NC(=O)c2cc(C)cs2)c(OC)c1.